The average molecular weight is 379 g/mol. The van der Waals surface area contributed by atoms with Crippen LogP contribution in [0, 0.1) is 13.8 Å². The number of anilines is 1. The molecule has 3 rings (SSSR count). The summed E-state index contributed by atoms with van der Waals surface area (Å²) in [6.45, 7) is 6.79. The van der Waals surface area contributed by atoms with Crippen LogP contribution in [-0.2, 0) is 11.3 Å². The van der Waals surface area contributed by atoms with E-state index in [0.717, 1.165) is 34.4 Å². The van der Waals surface area contributed by atoms with E-state index in [1.54, 1.807) is 7.11 Å². The first-order valence-electron chi connectivity index (χ1n) is 9.35. The second-order valence-electron chi connectivity index (χ2n) is 6.65. The number of carbonyl (C=O) groups is 1. The number of hydrogen-bond acceptors (Lipinski definition) is 6. The van der Waals surface area contributed by atoms with Crippen LogP contribution in [0.15, 0.2) is 36.4 Å². The van der Waals surface area contributed by atoms with Gasteiger partial charge in [-0.3, -0.25) is 0 Å². The van der Waals surface area contributed by atoms with Gasteiger partial charge in [0.2, 0.25) is 0 Å². The molecule has 0 spiro atoms. The van der Waals surface area contributed by atoms with Gasteiger partial charge in [-0.25, -0.2) is 14.8 Å². The molecule has 0 saturated heterocycles. The Hall–Kier alpha value is -3.15. The third-order valence-electron chi connectivity index (χ3n) is 4.55. The molecule has 0 aliphatic rings. The molecule has 1 aromatic heterocycles. The van der Waals surface area contributed by atoms with Crippen molar-refractivity contribution in [2.75, 3.05) is 19.0 Å². The van der Waals surface area contributed by atoms with Crippen molar-refractivity contribution in [3.63, 3.8) is 0 Å². The summed E-state index contributed by atoms with van der Waals surface area (Å²) in [5, 5.41) is 3.23. The molecule has 1 N–H and O–H groups in total. The Morgan fingerprint density at radius 3 is 2.43 bits per heavy atom. The molecule has 0 fully saturated rings. The molecule has 28 heavy (non-hydrogen) atoms. The largest absolute Gasteiger partial charge is 0.496 e. The van der Waals surface area contributed by atoms with Gasteiger partial charge in [-0.1, -0.05) is 25.1 Å². The number of para-hydroxylation sites is 1. The van der Waals surface area contributed by atoms with Gasteiger partial charge in [-0.15, -0.1) is 0 Å². The zero-order chi connectivity index (χ0) is 20.1. The number of ether oxygens (including phenoxy) is 2. The van der Waals surface area contributed by atoms with Crippen LogP contribution in [0.5, 0.6) is 5.75 Å². The molecule has 6 heteroatoms. The highest BCUT2D eigenvalue weighted by molar-refractivity contribution is 5.95. The van der Waals surface area contributed by atoms with Gasteiger partial charge in [0.1, 0.15) is 5.75 Å². The maximum atomic E-state index is 12.6. The number of nitrogens with one attached hydrogen (secondary N) is 1. The van der Waals surface area contributed by atoms with Crippen LogP contribution >= 0.6 is 0 Å². The minimum atomic E-state index is -0.475. The smallest absolute Gasteiger partial charge is 0.360 e. The molecular weight excluding hydrogens is 354 g/mol. The van der Waals surface area contributed by atoms with Crippen LogP contribution in [0.25, 0.3) is 11.0 Å². The fraction of sp³-hybridized carbons (Fsp3) is 0.318. The predicted molar refractivity (Wildman–Crippen MR) is 110 cm³/mol. The summed E-state index contributed by atoms with van der Waals surface area (Å²) in [7, 11) is 1.63. The molecule has 0 radical (unpaired) electrons. The van der Waals surface area contributed by atoms with E-state index in [0.29, 0.717) is 24.5 Å². The lowest BCUT2D eigenvalue weighted by atomic mass is 10.1. The normalized spacial score (nSPS) is 10.7. The van der Waals surface area contributed by atoms with Gasteiger partial charge < -0.3 is 14.8 Å². The molecule has 0 saturated carbocycles. The maximum Gasteiger partial charge on any atom is 0.360 e. The molecule has 0 bridgehead atoms. The van der Waals surface area contributed by atoms with Crippen LogP contribution in [-0.4, -0.2) is 29.7 Å². The van der Waals surface area contributed by atoms with E-state index < -0.39 is 5.97 Å². The van der Waals surface area contributed by atoms with Gasteiger partial charge in [-0.2, -0.15) is 0 Å². The van der Waals surface area contributed by atoms with Crippen LogP contribution in [0.1, 0.15) is 40.5 Å². The first kappa shape index (κ1) is 19.6. The zero-order valence-electron chi connectivity index (χ0n) is 16.7. The van der Waals surface area contributed by atoms with Crippen molar-refractivity contribution in [1.29, 1.82) is 0 Å². The summed E-state index contributed by atoms with van der Waals surface area (Å²) in [6.07, 6.45) is 0.745. The summed E-state index contributed by atoms with van der Waals surface area (Å²) in [6, 6.07) is 11.6. The number of fused-ring (bicyclic) bond motifs is 1. The van der Waals surface area contributed by atoms with Gasteiger partial charge in [0, 0.05) is 12.1 Å². The first-order chi connectivity index (χ1) is 13.5. The van der Waals surface area contributed by atoms with Gasteiger partial charge in [0.05, 0.1) is 24.8 Å². The summed E-state index contributed by atoms with van der Waals surface area (Å²) in [5.74, 6) is 0.699. The highest BCUT2D eigenvalue weighted by atomic mass is 16.5. The van der Waals surface area contributed by atoms with E-state index in [9.17, 15) is 4.79 Å². The minimum absolute atomic E-state index is 0.194. The number of aromatic nitrogens is 2. The Balaban J connectivity index is 1.99. The first-order valence-corrected chi connectivity index (χ1v) is 9.35. The van der Waals surface area contributed by atoms with Crippen molar-refractivity contribution in [3.8, 4) is 5.75 Å². The molecule has 0 atom stereocenters. The van der Waals surface area contributed by atoms with E-state index in [4.69, 9.17) is 9.47 Å². The third-order valence-corrected chi connectivity index (χ3v) is 4.55. The molecule has 0 aliphatic carbocycles. The number of rotatable bonds is 7. The summed E-state index contributed by atoms with van der Waals surface area (Å²) in [4.78, 5) is 21.8. The lowest BCUT2D eigenvalue weighted by Crippen LogP contribution is -2.14. The number of methoxy groups -OCH3 is 1. The van der Waals surface area contributed by atoms with Gasteiger partial charge in [0.15, 0.2) is 11.5 Å². The van der Waals surface area contributed by atoms with Crippen molar-refractivity contribution in [3.05, 3.63) is 58.8 Å². The Morgan fingerprint density at radius 2 is 1.75 bits per heavy atom. The van der Waals surface area contributed by atoms with Crippen molar-refractivity contribution < 1.29 is 14.3 Å². The summed E-state index contributed by atoms with van der Waals surface area (Å²) < 4.78 is 10.7. The summed E-state index contributed by atoms with van der Waals surface area (Å²) in [5.41, 5.74) is 4.79. The van der Waals surface area contributed by atoms with Gasteiger partial charge >= 0.3 is 5.97 Å². The zero-order valence-corrected chi connectivity index (χ0v) is 16.7. The minimum Gasteiger partial charge on any atom is -0.496 e. The second-order valence-corrected chi connectivity index (χ2v) is 6.65. The SMILES string of the molecule is CCCOC(=O)c1nc2cc(C)c(C)cc2nc1NCc1ccccc1OC. The highest BCUT2D eigenvalue weighted by Gasteiger charge is 2.19. The standard InChI is InChI=1S/C22H25N3O3/c1-5-10-28-22(26)20-21(23-13-16-8-6-7-9-19(16)27-4)25-18-12-15(3)14(2)11-17(18)24-20/h6-9,11-12H,5,10,13H2,1-4H3,(H,23,25). The predicted octanol–water partition coefficient (Wildman–Crippen LogP) is 4.43. The topological polar surface area (TPSA) is 73.3 Å². The Morgan fingerprint density at radius 1 is 1.07 bits per heavy atom. The molecule has 0 amide bonds. The Kier molecular flexibility index (Phi) is 6.09. The number of nitrogens with zero attached hydrogens (tertiary/aromatic N) is 2. The molecule has 2 aromatic carbocycles. The average Bonchev–Trinajstić information content (AvgIpc) is 2.71. The fourth-order valence-electron chi connectivity index (χ4n) is 2.87. The maximum absolute atomic E-state index is 12.6. The molecule has 6 nitrogen and oxygen atoms in total. The third kappa shape index (κ3) is 4.22. The van der Waals surface area contributed by atoms with Crippen molar-refractivity contribution >= 4 is 22.8 Å². The second kappa shape index (κ2) is 8.69. The molecule has 146 valence electrons. The highest BCUT2D eigenvalue weighted by Crippen LogP contribution is 2.23. The number of benzene rings is 2. The van der Waals surface area contributed by atoms with Gasteiger partial charge in [0.25, 0.3) is 0 Å². The summed E-state index contributed by atoms with van der Waals surface area (Å²) >= 11 is 0. The molecular formula is C22H25N3O3. The number of aryl methyl sites for hydroxylation is 2. The van der Waals surface area contributed by atoms with Crippen LogP contribution in [0.4, 0.5) is 5.82 Å². The van der Waals surface area contributed by atoms with E-state index in [2.05, 4.69) is 15.3 Å². The van der Waals surface area contributed by atoms with Crippen LogP contribution in [0.3, 0.4) is 0 Å². The number of esters is 1. The van der Waals surface area contributed by atoms with Crippen LogP contribution in [0.2, 0.25) is 0 Å². The Bertz CT molecular complexity index is 1000. The molecule has 0 unspecified atom stereocenters. The Labute approximate surface area is 164 Å². The quantitative estimate of drug-likeness (QED) is 0.612. The lowest BCUT2D eigenvalue weighted by Gasteiger charge is -2.14. The van der Waals surface area contributed by atoms with Gasteiger partial charge in [-0.05, 0) is 49.6 Å². The van der Waals surface area contributed by atoms with Crippen molar-refractivity contribution in [2.45, 2.75) is 33.7 Å². The fourth-order valence-corrected chi connectivity index (χ4v) is 2.87. The number of carbonyl (C=O) groups excluding carboxylic acids is 1. The van der Waals surface area contributed by atoms with E-state index in [1.807, 2.05) is 57.2 Å². The van der Waals surface area contributed by atoms with Crippen molar-refractivity contribution in [2.24, 2.45) is 0 Å². The number of hydrogen-bond donors (Lipinski definition) is 1. The lowest BCUT2D eigenvalue weighted by molar-refractivity contribution is 0.0499. The molecule has 1 heterocycles. The van der Waals surface area contributed by atoms with Crippen LogP contribution < -0.4 is 10.1 Å². The molecule has 3 aromatic rings. The molecule has 0 aliphatic heterocycles. The van der Waals surface area contributed by atoms with E-state index in [-0.39, 0.29) is 5.69 Å². The van der Waals surface area contributed by atoms with E-state index >= 15 is 0 Å². The van der Waals surface area contributed by atoms with Crippen molar-refractivity contribution in [1.82, 2.24) is 9.97 Å². The monoisotopic (exact) mass is 379 g/mol. The van der Waals surface area contributed by atoms with E-state index in [1.165, 1.54) is 0 Å².